The molecule has 1 saturated carbocycles. The lowest BCUT2D eigenvalue weighted by molar-refractivity contribution is -0.140. The van der Waals surface area contributed by atoms with Crippen molar-refractivity contribution in [1.82, 2.24) is 9.88 Å². The molecule has 1 fully saturated rings. The molecule has 1 unspecified atom stereocenters. The topological polar surface area (TPSA) is 36.1 Å². The minimum absolute atomic E-state index is 0.166. The van der Waals surface area contributed by atoms with E-state index >= 15 is 0 Å². The van der Waals surface area contributed by atoms with Crippen LogP contribution in [0.3, 0.4) is 0 Å². The summed E-state index contributed by atoms with van der Waals surface area (Å²) in [5.74, 6) is 1.17. The van der Waals surface area contributed by atoms with E-state index < -0.39 is 0 Å². The van der Waals surface area contributed by atoms with E-state index in [0.717, 1.165) is 42.8 Å². The molecule has 4 heteroatoms. The summed E-state index contributed by atoms with van der Waals surface area (Å²) in [7, 11) is 0. The summed E-state index contributed by atoms with van der Waals surface area (Å²) in [4.78, 5) is 19.1. The van der Waals surface area contributed by atoms with Gasteiger partial charge >= 0.3 is 0 Å². The molecule has 26 heavy (non-hydrogen) atoms. The first-order valence-corrected chi connectivity index (χ1v) is 10.5. The third-order valence-corrected chi connectivity index (χ3v) is 6.38. The molecule has 0 spiro atoms. The highest BCUT2D eigenvalue weighted by molar-refractivity contribution is 6.31. The van der Waals surface area contributed by atoms with E-state index in [-0.39, 0.29) is 12.0 Å². The highest BCUT2D eigenvalue weighted by Gasteiger charge is 2.36. The van der Waals surface area contributed by atoms with Crippen molar-refractivity contribution >= 4 is 28.4 Å². The third kappa shape index (κ3) is 3.26. The second-order valence-corrected chi connectivity index (χ2v) is 8.91. The zero-order valence-corrected chi connectivity index (χ0v) is 16.6. The van der Waals surface area contributed by atoms with Crippen LogP contribution in [-0.4, -0.2) is 22.3 Å². The van der Waals surface area contributed by atoms with E-state index in [0.29, 0.717) is 11.8 Å². The molecule has 0 radical (unpaired) electrons. The number of carbonyl (C=O) groups excluding carboxylic acids is 1. The maximum atomic E-state index is 13.3. The molecule has 1 aromatic carbocycles. The van der Waals surface area contributed by atoms with Gasteiger partial charge in [0.1, 0.15) is 0 Å². The zero-order valence-electron chi connectivity index (χ0n) is 15.9. The molecule has 2 aromatic rings. The predicted molar refractivity (Wildman–Crippen MR) is 107 cm³/mol. The molecule has 1 aliphatic heterocycles. The van der Waals surface area contributed by atoms with Crippen molar-refractivity contribution in [3.8, 4) is 0 Å². The maximum absolute atomic E-state index is 13.3. The van der Waals surface area contributed by atoms with Gasteiger partial charge in [0.25, 0.3) is 0 Å². The van der Waals surface area contributed by atoms with Gasteiger partial charge in [-0.1, -0.05) is 44.7 Å². The van der Waals surface area contributed by atoms with Crippen LogP contribution in [0.4, 0.5) is 0 Å². The van der Waals surface area contributed by atoms with Crippen molar-refractivity contribution in [3.05, 3.63) is 34.5 Å². The van der Waals surface area contributed by atoms with Gasteiger partial charge in [-0.25, -0.2) is 0 Å². The van der Waals surface area contributed by atoms with Crippen LogP contribution in [0.15, 0.2) is 18.2 Å². The number of fused-ring (bicyclic) bond motifs is 3. The monoisotopic (exact) mass is 372 g/mol. The first kappa shape index (κ1) is 17.9. The van der Waals surface area contributed by atoms with E-state index in [1.165, 1.54) is 35.9 Å². The quantitative estimate of drug-likeness (QED) is 0.718. The van der Waals surface area contributed by atoms with Gasteiger partial charge in [0.05, 0.1) is 6.04 Å². The van der Waals surface area contributed by atoms with Gasteiger partial charge < -0.3 is 9.88 Å². The Balaban J connectivity index is 1.71. The number of nitrogens with zero attached hydrogens (tertiary/aromatic N) is 1. The van der Waals surface area contributed by atoms with Crippen LogP contribution in [0.25, 0.3) is 10.9 Å². The SMILES string of the molecule is CC(C)CC1c2[nH]c3ccc(Cl)cc3c2CCN1C(=O)C1CCCCC1. The van der Waals surface area contributed by atoms with Crippen LogP contribution in [0.2, 0.25) is 5.02 Å². The van der Waals surface area contributed by atoms with Crippen LogP contribution in [0, 0.1) is 11.8 Å². The van der Waals surface area contributed by atoms with Crippen LogP contribution >= 0.6 is 11.6 Å². The molecule has 1 aromatic heterocycles. The molecule has 3 nitrogen and oxygen atoms in total. The minimum Gasteiger partial charge on any atom is -0.356 e. The Morgan fingerprint density at radius 3 is 2.77 bits per heavy atom. The second kappa shape index (κ2) is 7.26. The Hall–Kier alpha value is -1.48. The predicted octanol–water partition coefficient (Wildman–Crippen LogP) is 5.87. The van der Waals surface area contributed by atoms with Crippen molar-refractivity contribution in [1.29, 1.82) is 0 Å². The van der Waals surface area contributed by atoms with Gasteiger partial charge in [-0.05, 0) is 55.4 Å². The number of halogens is 1. The standard InChI is InChI=1S/C22H29ClN2O/c1-14(2)12-20-21-17(18-13-16(23)8-9-19(18)24-21)10-11-25(20)22(26)15-6-4-3-5-7-15/h8-9,13-15,20,24H,3-7,10-12H2,1-2H3. The molecular weight excluding hydrogens is 344 g/mol. The number of benzene rings is 1. The fraction of sp³-hybridized carbons (Fsp3) is 0.591. The van der Waals surface area contributed by atoms with Crippen LogP contribution in [0.1, 0.15) is 69.7 Å². The van der Waals surface area contributed by atoms with E-state index in [2.05, 4.69) is 35.9 Å². The number of amides is 1. The Morgan fingerprint density at radius 2 is 2.04 bits per heavy atom. The molecule has 0 saturated heterocycles. The molecule has 2 heterocycles. The number of hydrogen-bond acceptors (Lipinski definition) is 1. The minimum atomic E-state index is 0.166. The molecule has 4 rings (SSSR count). The maximum Gasteiger partial charge on any atom is 0.226 e. The summed E-state index contributed by atoms with van der Waals surface area (Å²) in [5, 5.41) is 2.01. The van der Waals surface area contributed by atoms with Crippen LogP contribution in [-0.2, 0) is 11.2 Å². The number of aromatic nitrogens is 1. The van der Waals surface area contributed by atoms with Gasteiger partial charge in [0.15, 0.2) is 0 Å². The lowest BCUT2D eigenvalue weighted by Gasteiger charge is -2.39. The summed E-state index contributed by atoms with van der Waals surface area (Å²) >= 11 is 6.24. The van der Waals surface area contributed by atoms with E-state index in [4.69, 9.17) is 11.6 Å². The normalized spacial score (nSPS) is 21.4. The molecular formula is C22H29ClN2O. The molecule has 1 N–H and O–H groups in total. The second-order valence-electron chi connectivity index (χ2n) is 8.47. The van der Waals surface area contributed by atoms with Crippen molar-refractivity contribution in [2.75, 3.05) is 6.54 Å². The van der Waals surface area contributed by atoms with Crippen molar-refractivity contribution in [3.63, 3.8) is 0 Å². The average Bonchev–Trinajstić information content (AvgIpc) is 3.00. The van der Waals surface area contributed by atoms with Crippen LogP contribution < -0.4 is 0 Å². The first-order valence-electron chi connectivity index (χ1n) is 10.1. The fourth-order valence-electron chi connectivity index (χ4n) is 4.88. The summed E-state index contributed by atoms with van der Waals surface area (Å²) in [6.07, 6.45) is 7.75. The van der Waals surface area contributed by atoms with E-state index in [1.54, 1.807) is 0 Å². The number of nitrogens with one attached hydrogen (secondary N) is 1. The summed E-state index contributed by atoms with van der Waals surface area (Å²) in [6, 6.07) is 6.24. The Bertz CT molecular complexity index is 804. The van der Waals surface area contributed by atoms with E-state index in [1.807, 2.05) is 6.07 Å². The van der Waals surface area contributed by atoms with Crippen molar-refractivity contribution < 1.29 is 4.79 Å². The van der Waals surface area contributed by atoms with E-state index in [9.17, 15) is 4.79 Å². The number of H-pyrrole nitrogens is 1. The third-order valence-electron chi connectivity index (χ3n) is 6.15. The molecule has 1 amide bonds. The van der Waals surface area contributed by atoms with Crippen LogP contribution in [0.5, 0.6) is 0 Å². The number of aromatic amines is 1. The lowest BCUT2D eigenvalue weighted by Crippen LogP contribution is -2.44. The zero-order chi connectivity index (χ0) is 18.3. The summed E-state index contributed by atoms with van der Waals surface area (Å²) in [6.45, 7) is 5.33. The molecule has 0 bridgehead atoms. The molecule has 1 aliphatic carbocycles. The highest BCUT2D eigenvalue weighted by atomic mass is 35.5. The smallest absolute Gasteiger partial charge is 0.226 e. The summed E-state index contributed by atoms with van der Waals surface area (Å²) in [5.41, 5.74) is 3.74. The largest absolute Gasteiger partial charge is 0.356 e. The van der Waals surface area contributed by atoms with Gasteiger partial charge in [-0.2, -0.15) is 0 Å². The van der Waals surface area contributed by atoms with Gasteiger partial charge in [-0.3, -0.25) is 4.79 Å². The van der Waals surface area contributed by atoms with Crippen molar-refractivity contribution in [2.24, 2.45) is 11.8 Å². The lowest BCUT2D eigenvalue weighted by atomic mass is 9.85. The highest BCUT2D eigenvalue weighted by Crippen LogP contribution is 2.40. The molecule has 1 atom stereocenters. The van der Waals surface area contributed by atoms with Crippen molar-refractivity contribution in [2.45, 2.75) is 64.8 Å². The Kier molecular flexibility index (Phi) is 5.00. The number of hydrogen-bond donors (Lipinski definition) is 1. The molecule has 2 aliphatic rings. The molecule has 140 valence electrons. The van der Waals surface area contributed by atoms with Gasteiger partial charge in [0, 0.05) is 34.1 Å². The number of rotatable bonds is 3. The summed E-state index contributed by atoms with van der Waals surface area (Å²) < 4.78 is 0. The Labute approximate surface area is 161 Å². The Morgan fingerprint density at radius 1 is 1.27 bits per heavy atom. The average molecular weight is 373 g/mol. The van der Waals surface area contributed by atoms with Gasteiger partial charge in [-0.15, -0.1) is 0 Å². The van der Waals surface area contributed by atoms with Gasteiger partial charge in [0.2, 0.25) is 5.91 Å². The number of carbonyl (C=O) groups is 1. The first-order chi connectivity index (χ1) is 12.5. The fourth-order valence-corrected chi connectivity index (χ4v) is 5.05.